The van der Waals surface area contributed by atoms with Gasteiger partial charge in [0.1, 0.15) is 0 Å². The minimum absolute atomic E-state index is 0.0462. The fourth-order valence-corrected chi connectivity index (χ4v) is 5.32. The molecular weight excluding hydrogens is 312 g/mol. The predicted molar refractivity (Wildman–Crippen MR) is 110 cm³/mol. The van der Waals surface area contributed by atoms with Gasteiger partial charge in [-0.2, -0.15) is 0 Å². The minimum Gasteiger partial charge on any atom is -0.0619 e. The van der Waals surface area contributed by atoms with Gasteiger partial charge in [-0.25, -0.2) is 0 Å². The first kappa shape index (κ1) is 14.3. The summed E-state index contributed by atoms with van der Waals surface area (Å²) < 4.78 is 0. The smallest absolute Gasteiger partial charge is 0.0165 e. The molecule has 0 atom stereocenters. The van der Waals surface area contributed by atoms with Crippen molar-refractivity contribution < 1.29 is 0 Å². The highest BCUT2D eigenvalue weighted by Gasteiger charge is 2.39. The molecule has 0 N–H and O–H groups in total. The fraction of sp³-hybridized carbons (Fsp3) is 0.154. The van der Waals surface area contributed by atoms with Crippen LogP contribution in [0.25, 0.3) is 33.0 Å². The molecule has 0 aromatic heterocycles. The highest BCUT2D eigenvalue weighted by atomic mass is 14.4. The van der Waals surface area contributed by atoms with Crippen molar-refractivity contribution in [1.29, 1.82) is 0 Å². The molecule has 0 heterocycles. The van der Waals surface area contributed by atoms with Gasteiger partial charge in [0.15, 0.2) is 0 Å². The van der Waals surface area contributed by atoms with E-state index in [0.29, 0.717) is 0 Å². The Balaban J connectivity index is 1.72. The Labute approximate surface area is 154 Å². The van der Waals surface area contributed by atoms with Crippen LogP contribution in [0.3, 0.4) is 0 Å². The van der Waals surface area contributed by atoms with E-state index in [-0.39, 0.29) is 5.41 Å². The van der Waals surface area contributed by atoms with E-state index in [1.165, 1.54) is 55.3 Å². The average molecular weight is 332 g/mol. The van der Waals surface area contributed by atoms with E-state index in [0.717, 1.165) is 6.42 Å². The molecule has 0 bridgehead atoms. The van der Waals surface area contributed by atoms with Crippen molar-refractivity contribution in [2.24, 2.45) is 0 Å². The Morgan fingerprint density at radius 1 is 0.692 bits per heavy atom. The Kier molecular flexibility index (Phi) is 2.56. The molecule has 0 amide bonds. The van der Waals surface area contributed by atoms with Crippen LogP contribution in [0.4, 0.5) is 0 Å². The van der Waals surface area contributed by atoms with Gasteiger partial charge in [-0.15, -0.1) is 0 Å². The monoisotopic (exact) mass is 332 g/mol. The molecule has 4 aromatic carbocycles. The SMILES string of the molecule is CC1(C)c2ccccc2-c2ccc3c(c21)-c1ccc2ccccc2c1C3. The van der Waals surface area contributed by atoms with Gasteiger partial charge in [-0.05, 0) is 61.7 Å². The van der Waals surface area contributed by atoms with Crippen LogP contribution in [0.15, 0.2) is 72.8 Å². The van der Waals surface area contributed by atoms with Crippen molar-refractivity contribution in [3.8, 4) is 22.3 Å². The first-order chi connectivity index (χ1) is 12.7. The van der Waals surface area contributed by atoms with Crippen LogP contribution in [-0.4, -0.2) is 0 Å². The van der Waals surface area contributed by atoms with Gasteiger partial charge < -0.3 is 0 Å². The molecule has 2 aliphatic rings. The molecule has 2 aliphatic carbocycles. The number of hydrogen-bond acceptors (Lipinski definition) is 0. The lowest BCUT2D eigenvalue weighted by atomic mass is 9.78. The normalized spacial score (nSPS) is 15.5. The molecule has 0 unspecified atom stereocenters. The predicted octanol–water partition coefficient (Wildman–Crippen LogP) is 6.72. The highest BCUT2D eigenvalue weighted by molar-refractivity contribution is 5.99. The van der Waals surface area contributed by atoms with E-state index in [1.807, 2.05) is 0 Å². The number of hydrogen-bond donors (Lipinski definition) is 0. The Bertz CT molecular complexity index is 1220. The molecule has 0 saturated carbocycles. The largest absolute Gasteiger partial charge is 0.0619 e. The third kappa shape index (κ3) is 1.60. The van der Waals surface area contributed by atoms with Crippen LogP contribution in [0.1, 0.15) is 36.1 Å². The summed E-state index contributed by atoms with van der Waals surface area (Å²) in [5.74, 6) is 0. The van der Waals surface area contributed by atoms with Crippen molar-refractivity contribution in [1.82, 2.24) is 0 Å². The number of rotatable bonds is 0. The van der Waals surface area contributed by atoms with Crippen molar-refractivity contribution in [2.45, 2.75) is 25.7 Å². The topological polar surface area (TPSA) is 0 Å². The van der Waals surface area contributed by atoms with Crippen molar-refractivity contribution in [2.75, 3.05) is 0 Å². The molecule has 0 nitrogen and oxygen atoms in total. The molecule has 0 heteroatoms. The molecule has 0 saturated heterocycles. The molecule has 0 aliphatic heterocycles. The highest BCUT2D eigenvalue weighted by Crippen LogP contribution is 2.55. The Hall–Kier alpha value is -2.86. The summed E-state index contributed by atoms with van der Waals surface area (Å²) in [6.45, 7) is 4.77. The summed E-state index contributed by atoms with van der Waals surface area (Å²) in [7, 11) is 0. The fourth-order valence-electron chi connectivity index (χ4n) is 5.32. The second kappa shape index (κ2) is 4.65. The quantitative estimate of drug-likeness (QED) is 0.295. The summed E-state index contributed by atoms with van der Waals surface area (Å²) in [6, 6.07) is 27.1. The zero-order valence-electron chi connectivity index (χ0n) is 15.1. The number of fused-ring (bicyclic) bond motifs is 9. The molecule has 0 spiro atoms. The van der Waals surface area contributed by atoms with Gasteiger partial charge in [0.2, 0.25) is 0 Å². The number of benzene rings is 4. The van der Waals surface area contributed by atoms with Crippen LogP contribution in [-0.2, 0) is 11.8 Å². The Morgan fingerprint density at radius 2 is 1.46 bits per heavy atom. The van der Waals surface area contributed by atoms with Crippen molar-refractivity contribution in [3.05, 3.63) is 95.1 Å². The molecule has 0 fully saturated rings. The molecular formula is C26H20. The van der Waals surface area contributed by atoms with Gasteiger partial charge in [0.25, 0.3) is 0 Å². The van der Waals surface area contributed by atoms with Crippen LogP contribution in [0, 0.1) is 0 Å². The molecule has 4 aromatic rings. The maximum Gasteiger partial charge on any atom is 0.0165 e. The zero-order valence-corrected chi connectivity index (χ0v) is 15.1. The molecule has 124 valence electrons. The van der Waals surface area contributed by atoms with Gasteiger partial charge in [0, 0.05) is 5.41 Å². The van der Waals surface area contributed by atoms with E-state index < -0.39 is 0 Å². The third-order valence-corrected chi connectivity index (χ3v) is 6.48. The second-order valence-corrected chi connectivity index (χ2v) is 8.18. The van der Waals surface area contributed by atoms with E-state index in [4.69, 9.17) is 0 Å². The lowest BCUT2D eigenvalue weighted by Crippen LogP contribution is -2.16. The van der Waals surface area contributed by atoms with Crippen molar-refractivity contribution in [3.63, 3.8) is 0 Å². The van der Waals surface area contributed by atoms with Crippen LogP contribution < -0.4 is 0 Å². The summed E-state index contributed by atoms with van der Waals surface area (Å²) in [5.41, 5.74) is 11.8. The van der Waals surface area contributed by atoms with Crippen LogP contribution >= 0.6 is 0 Å². The maximum atomic E-state index is 2.39. The van der Waals surface area contributed by atoms with Crippen LogP contribution in [0.2, 0.25) is 0 Å². The Morgan fingerprint density at radius 3 is 2.38 bits per heavy atom. The lowest BCUT2D eigenvalue weighted by Gasteiger charge is -2.24. The summed E-state index contributed by atoms with van der Waals surface area (Å²) >= 11 is 0. The second-order valence-electron chi connectivity index (χ2n) is 8.18. The van der Waals surface area contributed by atoms with Gasteiger partial charge in [0.05, 0.1) is 0 Å². The van der Waals surface area contributed by atoms with Crippen LogP contribution in [0.5, 0.6) is 0 Å². The standard InChI is InChI=1S/C26H20/c1-26(2)23-10-6-5-9-19(23)21-14-12-17-15-22-18-8-4-3-7-16(18)11-13-20(22)24(17)25(21)26/h3-14H,15H2,1-2H3. The van der Waals surface area contributed by atoms with Gasteiger partial charge >= 0.3 is 0 Å². The lowest BCUT2D eigenvalue weighted by molar-refractivity contribution is 0.662. The van der Waals surface area contributed by atoms with E-state index in [9.17, 15) is 0 Å². The third-order valence-electron chi connectivity index (χ3n) is 6.48. The molecule has 26 heavy (non-hydrogen) atoms. The van der Waals surface area contributed by atoms with E-state index in [2.05, 4.69) is 86.6 Å². The zero-order chi connectivity index (χ0) is 17.5. The van der Waals surface area contributed by atoms with Gasteiger partial charge in [-0.3, -0.25) is 0 Å². The molecule has 6 rings (SSSR count). The van der Waals surface area contributed by atoms with Crippen molar-refractivity contribution >= 4 is 10.8 Å². The van der Waals surface area contributed by atoms with E-state index >= 15 is 0 Å². The summed E-state index contributed by atoms with van der Waals surface area (Å²) in [5, 5.41) is 2.75. The first-order valence-corrected chi connectivity index (χ1v) is 9.43. The van der Waals surface area contributed by atoms with E-state index in [1.54, 1.807) is 0 Å². The maximum absolute atomic E-state index is 2.39. The summed E-state index contributed by atoms with van der Waals surface area (Å²) in [4.78, 5) is 0. The minimum atomic E-state index is 0.0462. The average Bonchev–Trinajstić information content (AvgIpc) is 3.16. The summed E-state index contributed by atoms with van der Waals surface area (Å²) in [6.07, 6.45) is 1.05. The molecule has 0 radical (unpaired) electrons. The van der Waals surface area contributed by atoms with Gasteiger partial charge in [-0.1, -0.05) is 86.6 Å². The first-order valence-electron chi connectivity index (χ1n) is 9.43.